The average molecular weight is 368 g/mol. The molecule has 0 amide bonds. The highest BCUT2D eigenvalue weighted by atomic mass is 16.6. The van der Waals surface area contributed by atoms with Crippen LogP contribution in [0.15, 0.2) is 36.4 Å². The van der Waals surface area contributed by atoms with Crippen molar-refractivity contribution in [3.8, 4) is 0 Å². The molecule has 4 nitrogen and oxygen atoms in total. The summed E-state index contributed by atoms with van der Waals surface area (Å²) in [7, 11) is 0. The third-order valence-electron chi connectivity index (χ3n) is 4.63. The third kappa shape index (κ3) is 5.68. The second-order valence-corrected chi connectivity index (χ2v) is 7.16. The maximum Gasteiger partial charge on any atom is 0.317 e. The van der Waals surface area contributed by atoms with Crippen molar-refractivity contribution in [3.05, 3.63) is 69.8 Å². The number of ether oxygens (including phenoxy) is 2. The minimum atomic E-state index is -0.583. The molecule has 27 heavy (non-hydrogen) atoms. The molecule has 2 atom stereocenters. The van der Waals surface area contributed by atoms with Crippen LogP contribution in [-0.2, 0) is 19.1 Å². The Labute approximate surface area is 161 Å². The van der Waals surface area contributed by atoms with E-state index in [1.807, 2.05) is 64.1 Å². The Bertz CT molecular complexity index is 769. The molecule has 0 aliphatic heterocycles. The standard InChI is InChI=1S/C23H28O4/c1-14-7-9-20(16(3)11-14)18(5)26-22(24)13-23(25)27-19(6)21-10-8-15(2)12-17(21)4/h7-12,18-19H,13H2,1-6H3. The van der Waals surface area contributed by atoms with Crippen molar-refractivity contribution in [1.29, 1.82) is 0 Å². The number of benzene rings is 2. The summed E-state index contributed by atoms with van der Waals surface area (Å²) in [6.45, 7) is 11.6. The first-order chi connectivity index (χ1) is 12.7. The van der Waals surface area contributed by atoms with Gasteiger partial charge in [0.05, 0.1) is 0 Å². The first-order valence-electron chi connectivity index (χ1n) is 9.20. The lowest BCUT2D eigenvalue weighted by molar-refractivity contribution is -0.159. The molecule has 0 N–H and O–H groups in total. The summed E-state index contributed by atoms with van der Waals surface area (Å²) in [4.78, 5) is 24.2. The van der Waals surface area contributed by atoms with Crippen LogP contribution in [-0.4, -0.2) is 11.9 Å². The van der Waals surface area contributed by atoms with Gasteiger partial charge in [-0.1, -0.05) is 47.5 Å². The van der Waals surface area contributed by atoms with Gasteiger partial charge in [-0.3, -0.25) is 9.59 Å². The van der Waals surface area contributed by atoms with E-state index < -0.39 is 30.6 Å². The van der Waals surface area contributed by atoms with Crippen LogP contribution >= 0.6 is 0 Å². The maximum absolute atomic E-state index is 12.1. The van der Waals surface area contributed by atoms with Crippen LogP contribution in [0.4, 0.5) is 0 Å². The molecule has 0 bridgehead atoms. The molecule has 2 aromatic carbocycles. The van der Waals surface area contributed by atoms with E-state index in [-0.39, 0.29) is 0 Å². The Kier molecular flexibility index (Phi) is 6.78. The smallest absolute Gasteiger partial charge is 0.317 e. The Morgan fingerprint density at radius 2 is 1.11 bits per heavy atom. The zero-order chi connectivity index (χ0) is 20.1. The fraction of sp³-hybridized carbons (Fsp3) is 0.391. The molecule has 0 spiro atoms. The maximum atomic E-state index is 12.1. The summed E-state index contributed by atoms with van der Waals surface area (Å²) in [5.74, 6) is -1.17. The number of hydrogen-bond donors (Lipinski definition) is 0. The molecule has 2 rings (SSSR count). The van der Waals surface area contributed by atoms with Crippen molar-refractivity contribution in [2.24, 2.45) is 0 Å². The van der Waals surface area contributed by atoms with Gasteiger partial charge in [0.25, 0.3) is 0 Å². The number of carbonyl (C=O) groups excluding carboxylic acids is 2. The molecule has 0 saturated heterocycles. The molecule has 2 aromatic rings. The average Bonchev–Trinajstić information content (AvgIpc) is 2.53. The quantitative estimate of drug-likeness (QED) is 0.518. The van der Waals surface area contributed by atoms with Gasteiger partial charge in [-0.15, -0.1) is 0 Å². The number of aryl methyl sites for hydroxylation is 4. The van der Waals surface area contributed by atoms with E-state index >= 15 is 0 Å². The molecule has 0 aromatic heterocycles. The minimum Gasteiger partial charge on any atom is -0.457 e. The first kappa shape index (κ1) is 20.7. The van der Waals surface area contributed by atoms with E-state index in [0.29, 0.717) is 0 Å². The summed E-state index contributed by atoms with van der Waals surface area (Å²) in [6, 6.07) is 11.9. The largest absolute Gasteiger partial charge is 0.457 e. The second-order valence-electron chi connectivity index (χ2n) is 7.16. The van der Waals surface area contributed by atoms with Crippen molar-refractivity contribution in [2.75, 3.05) is 0 Å². The highest BCUT2D eigenvalue weighted by molar-refractivity contribution is 5.91. The lowest BCUT2D eigenvalue weighted by Crippen LogP contribution is -2.17. The van der Waals surface area contributed by atoms with Crippen LogP contribution in [0.5, 0.6) is 0 Å². The van der Waals surface area contributed by atoms with Crippen molar-refractivity contribution in [1.82, 2.24) is 0 Å². The summed E-state index contributed by atoms with van der Waals surface area (Å²) in [6.07, 6.45) is -1.23. The minimum absolute atomic E-state index is 0.398. The van der Waals surface area contributed by atoms with Gasteiger partial charge in [0.15, 0.2) is 0 Å². The summed E-state index contributed by atoms with van der Waals surface area (Å²) >= 11 is 0. The SMILES string of the molecule is Cc1ccc(C(C)OC(=O)CC(=O)OC(C)c2ccc(C)cc2C)c(C)c1. The van der Waals surface area contributed by atoms with Gasteiger partial charge in [-0.2, -0.15) is 0 Å². The van der Waals surface area contributed by atoms with Gasteiger partial charge in [0.1, 0.15) is 18.6 Å². The van der Waals surface area contributed by atoms with Gasteiger partial charge in [0, 0.05) is 0 Å². The number of esters is 2. The Morgan fingerprint density at radius 3 is 1.44 bits per heavy atom. The monoisotopic (exact) mass is 368 g/mol. The van der Waals surface area contributed by atoms with Gasteiger partial charge in [0.2, 0.25) is 0 Å². The van der Waals surface area contributed by atoms with Crippen molar-refractivity contribution in [2.45, 2.75) is 60.2 Å². The van der Waals surface area contributed by atoms with Crippen LogP contribution in [0.2, 0.25) is 0 Å². The molecule has 0 aliphatic rings. The Hall–Kier alpha value is -2.62. The molecule has 0 radical (unpaired) electrons. The lowest BCUT2D eigenvalue weighted by Gasteiger charge is -2.18. The number of rotatable bonds is 6. The molecule has 2 unspecified atom stereocenters. The van der Waals surface area contributed by atoms with Crippen LogP contribution in [0.25, 0.3) is 0 Å². The van der Waals surface area contributed by atoms with Gasteiger partial charge >= 0.3 is 11.9 Å². The van der Waals surface area contributed by atoms with E-state index in [1.54, 1.807) is 13.8 Å². The van der Waals surface area contributed by atoms with E-state index in [2.05, 4.69) is 0 Å². The van der Waals surface area contributed by atoms with Crippen LogP contribution in [0.3, 0.4) is 0 Å². The van der Waals surface area contributed by atoms with Crippen LogP contribution in [0.1, 0.15) is 65.9 Å². The Morgan fingerprint density at radius 1 is 0.741 bits per heavy atom. The van der Waals surface area contributed by atoms with Crippen molar-refractivity contribution < 1.29 is 19.1 Å². The number of hydrogen-bond acceptors (Lipinski definition) is 4. The normalized spacial score (nSPS) is 13.0. The summed E-state index contributed by atoms with van der Waals surface area (Å²) < 4.78 is 10.8. The topological polar surface area (TPSA) is 52.6 Å². The number of carbonyl (C=O) groups is 2. The molecule has 0 fully saturated rings. The van der Waals surface area contributed by atoms with Crippen LogP contribution in [0, 0.1) is 27.7 Å². The van der Waals surface area contributed by atoms with E-state index in [0.717, 1.165) is 33.4 Å². The van der Waals surface area contributed by atoms with E-state index in [9.17, 15) is 9.59 Å². The van der Waals surface area contributed by atoms with Crippen molar-refractivity contribution in [3.63, 3.8) is 0 Å². The Balaban J connectivity index is 1.92. The van der Waals surface area contributed by atoms with E-state index in [1.165, 1.54) is 0 Å². The molecule has 4 heteroatoms. The fourth-order valence-corrected chi connectivity index (χ4v) is 3.29. The lowest BCUT2D eigenvalue weighted by atomic mass is 10.0. The zero-order valence-corrected chi connectivity index (χ0v) is 17.0. The third-order valence-corrected chi connectivity index (χ3v) is 4.63. The summed E-state index contributed by atoms with van der Waals surface area (Å²) in [5, 5.41) is 0. The zero-order valence-electron chi connectivity index (χ0n) is 17.0. The van der Waals surface area contributed by atoms with Gasteiger partial charge in [-0.25, -0.2) is 0 Å². The molecule has 0 saturated carbocycles. The van der Waals surface area contributed by atoms with Gasteiger partial charge < -0.3 is 9.47 Å². The van der Waals surface area contributed by atoms with Crippen LogP contribution < -0.4 is 0 Å². The highest BCUT2D eigenvalue weighted by Gasteiger charge is 2.20. The first-order valence-corrected chi connectivity index (χ1v) is 9.20. The molecule has 0 aliphatic carbocycles. The van der Waals surface area contributed by atoms with Crippen molar-refractivity contribution >= 4 is 11.9 Å². The highest BCUT2D eigenvalue weighted by Crippen LogP contribution is 2.24. The second kappa shape index (κ2) is 8.85. The molecule has 144 valence electrons. The van der Waals surface area contributed by atoms with Gasteiger partial charge in [-0.05, 0) is 63.8 Å². The molecular weight excluding hydrogens is 340 g/mol. The molecular formula is C23H28O4. The summed E-state index contributed by atoms with van der Waals surface area (Å²) in [5.41, 5.74) is 6.29. The molecule has 0 heterocycles. The predicted octanol–water partition coefficient (Wildman–Crippen LogP) is 5.22. The predicted molar refractivity (Wildman–Crippen MR) is 105 cm³/mol. The van der Waals surface area contributed by atoms with E-state index in [4.69, 9.17) is 9.47 Å². The fourth-order valence-electron chi connectivity index (χ4n) is 3.29.